The molecule has 1 atom stereocenters. The molecule has 2 heteroatoms. The van der Waals surface area contributed by atoms with Crippen molar-refractivity contribution in [1.29, 1.82) is 0 Å². The number of hydrogen-bond acceptors (Lipinski definition) is 1. The van der Waals surface area contributed by atoms with Gasteiger partial charge in [-0.2, -0.15) is 12.6 Å². The highest BCUT2D eigenvalue weighted by molar-refractivity contribution is 9.10. The molecule has 0 nitrogen and oxygen atoms in total. The fraction of sp³-hybridized carbons (Fsp3) is 0.333. The molecule has 0 bridgehead atoms. The minimum Gasteiger partial charge on any atom is -0.171 e. The summed E-state index contributed by atoms with van der Waals surface area (Å²) in [7, 11) is 0. The molecule has 0 heterocycles. The van der Waals surface area contributed by atoms with Crippen molar-refractivity contribution >= 4 is 28.6 Å². The van der Waals surface area contributed by atoms with Gasteiger partial charge in [0.1, 0.15) is 0 Å². The van der Waals surface area contributed by atoms with E-state index in [1.54, 1.807) is 0 Å². The molecule has 60 valence electrons. The molecule has 0 saturated carbocycles. The predicted octanol–water partition coefficient (Wildman–Crippen LogP) is 3.75. The quantitative estimate of drug-likeness (QED) is 0.699. The third-order valence-corrected chi connectivity index (χ3v) is 2.46. The van der Waals surface area contributed by atoms with E-state index >= 15 is 0 Å². The molecule has 1 unspecified atom stereocenters. The van der Waals surface area contributed by atoms with Crippen molar-refractivity contribution in [3.8, 4) is 0 Å². The molecule has 1 aromatic carbocycles. The molecule has 0 aliphatic carbocycles. The zero-order valence-corrected chi connectivity index (χ0v) is 9.12. The summed E-state index contributed by atoms with van der Waals surface area (Å²) in [5.74, 6) is 0. The molecule has 0 N–H and O–H groups in total. The second-order valence-electron chi connectivity index (χ2n) is 2.68. The molecular formula is C9H11BrS. The van der Waals surface area contributed by atoms with Crippen LogP contribution in [0.25, 0.3) is 0 Å². The van der Waals surface area contributed by atoms with E-state index in [9.17, 15) is 0 Å². The Kier molecular flexibility index (Phi) is 3.02. The number of hydrogen-bond donors (Lipinski definition) is 1. The van der Waals surface area contributed by atoms with Crippen LogP contribution in [0, 0.1) is 6.92 Å². The SMILES string of the molecule is Cc1ccc(Br)cc1C(C)S. The van der Waals surface area contributed by atoms with Crippen molar-refractivity contribution < 1.29 is 0 Å². The minimum absolute atomic E-state index is 0.312. The van der Waals surface area contributed by atoms with Gasteiger partial charge in [-0.05, 0) is 37.1 Å². The van der Waals surface area contributed by atoms with E-state index in [0.29, 0.717) is 5.25 Å². The van der Waals surface area contributed by atoms with E-state index < -0.39 is 0 Å². The van der Waals surface area contributed by atoms with Gasteiger partial charge >= 0.3 is 0 Å². The maximum Gasteiger partial charge on any atom is 0.0241 e. The molecule has 0 spiro atoms. The van der Waals surface area contributed by atoms with Crippen molar-refractivity contribution in [3.63, 3.8) is 0 Å². The first-order valence-corrected chi connectivity index (χ1v) is 4.86. The number of thiol groups is 1. The average Bonchev–Trinajstić information content (AvgIpc) is 1.94. The van der Waals surface area contributed by atoms with Crippen LogP contribution in [-0.2, 0) is 0 Å². The molecular weight excluding hydrogens is 220 g/mol. The van der Waals surface area contributed by atoms with E-state index in [4.69, 9.17) is 0 Å². The third kappa shape index (κ3) is 2.24. The largest absolute Gasteiger partial charge is 0.171 e. The van der Waals surface area contributed by atoms with Gasteiger partial charge in [-0.1, -0.05) is 22.0 Å². The van der Waals surface area contributed by atoms with Gasteiger partial charge in [0.05, 0.1) is 0 Å². The zero-order chi connectivity index (χ0) is 8.43. The molecule has 0 fully saturated rings. The Bertz CT molecular complexity index is 256. The highest BCUT2D eigenvalue weighted by Crippen LogP contribution is 2.25. The maximum atomic E-state index is 4.38. The van der Waals surface area contributed by atoms with Crippen LogP contribution in [-0.4, -0.2) is 0 Å². The molecule has 0 amide bonds. The maximum absolute atomic E-state index is 4.38. The van der Waals surface area contributed by atoms with E-state index in [-0.39, 0.29) is 0 Å². The van der Waals surface area contributed by atoms with Crippen molar-refractivity contribution in [2.75, 3.05) is 0 Å². The molecule has 0 aliphatic heterocycles. The standard InChI is InChI=1S/C9H11BrS/c1-6-3-4-8(10)5-9(6)7(2)11/h3-5,7,11H,1-2H3. The van der Waals surface area contributed by atoms with Crippen LogP contribution in [0.3, 0.4) is 0 Å². The summed E-state index contributed by atoms with van der Waals surface area (Å²) in [6.07, 6.45) is 0. The Hall–Kier alpha value is 0.0500. The fourth-order valence-electron chi connectivity index (χ4n) is 1.06. The van der Waals surface area contributed by atoms with Gasteiger partial charge < -0.3 is 0 Å². The molecule has 0 aromatic heterocycles. The van der Waals surface area contributed by atoms with Crippen LogP contribution in [0.15, 0.2) is 22.7 Å². The summed E-state index contributed by atoms with van der Waals surface area (Å²) >= 11 is 7.81. The summed E-state index contributed by atoms with van der Waals surface area (Å²) in [4.78, 5) is 0. The van der Waals surface area contributed by atoms with Gasteiger partial charge in [0.25, 0.3) is 0 Å². The average molecular weight is 231 g/mol. The first-order valence-electron chi connectivity index (χ1n) is 3.55. The summed E-state index contributed by atoms with van der Waals surface area (Å²) < 4.78 is 1.12. The second kappa shape index (κ2) is 3.63. The molecule has 0 radical (unpaired) electrons. The lowest BCUT2D eigenvalue weighted by Crippen LogP contribution is -1.88. The van der Waals surface area contributed by atoms with Crippen molar-refractivity contribution in [2.45, 2.75) is 19.1 Å². The minimum atomic E-state index is 0.312. The molecule has 1 aromatic rings. The van der Waals surface area contributed by atoms with Gasteiger partial charge in [-0.25, -0.2) is 0 Å². The summed E-state index contributed by atoms with van der Waals surface area (Å²) in [5, 5.41) is 0.312. The lowest BCUT2D eigenvalue weighted by Gasteiger charge is -2.08. The van der Waals surface area contributed by atoms with Crippen LogP contribution < -0.4 is 0 Å². The molecule has 0 aliphatic rings. The highest BCUT2D eigenvalue weighted by atomic mass is 79.9. The monoisotopic (exact) mass is 230 g/mol. The van der Waals surface area contributed by atoms with Crippen molar-refractivity contribution in [2.24, 2.45) is 0 Å². The van der Waals surface area contributed by atoms with Crippen LogP contribution >= 0.6 is 28.6 Å². The lowest BCUT2D eigenvalue weighted by molar-refractivity contribution is 1.08. The van der Waals surface area contributed by atoms with Gasteiger partial charge in [0.2, 0.25) is 0 Å². The Labute approximate surface area is 81.5 Å². The summed E-state index contributed by atoms with van der Waals surface area (Å²) in [5.41, 5.74) is 2.60. The van der Waals surface area contributed by atoms with Gasteiger partial charge in [0.15, 0.2) is 0 Å². The number of benzene rings is 1. The number of aryl methyl sites for hydroxylation is 1. The van der Waals surface area contributed by atoms with Gasteiger partial charge in [0, 0.05) is 9.72 Å². The Morgan fingerprint density at radius 2 is 2.09 bits per heavy atom. The van der Waals surface area contributed by atoms with Crippen LogP contribution in [0.5, 0.6) is 0 Å². The number of rotatable bonds is 1. The molecule has 11 heavy (non-hydrogen) atoms. The zero-order valence-electron chi connectivity index (χ0n) is 6.63. The Morgan fingerprint density at radius 1 is 1.45 bits per heavy atom. The Balaban J connectivity index is 3.13. The highest BCUT2D eigenvalue weighted by Gasteiger charge is 2.03. The summed E-state index contributed by atoms with van der Waals surface area (Å²) in [6, 6.07) is 6.27. The Morgan fingerprint density at radius 3 is 2.55 bits per heavy atom. The van der Waals surface area contributed by atoms with Gasteiger partial charge in [-0.3, -0.25) is 0 Å². The smallest absolute Gasteiger partial charge is 0.0241 e. The normalized spacial score (nSPS) is 13.1. The fourth-order valence-corrected chi connectivity index (χ4v) is 1.72. The van der Waals surface area contributed by atoms with E-state index in [1.165, 1.54) is 11.1 Å². The molecule has 1 rings (SSSR count). The van der Waals surface area contributed by atoms with E-state index in [0.717, 1.165) is 4.47 Å². The predicted molar refractivity (Wildman–Crippen MR) is 56.3 cm³/mol. The number of halogens is 1. The molecule has 0 saturated heterocycles. The lowest BCUT2D eigenvalue weighted by atomic mass is 10.1. The van der Waals surface area contributed by atoms with E-state index in [2.05, 4.69) is 60.6 Å². The third-order valence-electron chi connectivity index (χ3n) is 1.69. The first kappa shape index (κ1) is 9.14. The topological polar surface area (TPSA) is 0 Å². The van der Waals surface area contributed by atoms with Crippen LogP contribution in [0.4, 0.5) is 0 Å². The van der Waals surface area contributed by atoms with Gasteiger partial charge in [-0.15, -0.1) is 0 Å². The van der Waals surface area contributed by atoms with Crippen molar-refractivity contribution in [3.05, 3.63) is 33.8 Å². The van der Waals surface area contributed by atoms with E-state index in [1.807, 2.05) is 0 Å². The first-order chi connectivity index (χ1) is 5.11. The second-order valence-corrected chi connectivity index (χ2v) is 4.37. The van der Waals surface area contributed by atoms with Crippen LogP contribution in [0.2, 0.25) is 0 Å². The van der Waals surface area contributed by atoms with Crippen molar-refractivity contribution in [1.82, 2.24) is 0 Å². The van der Waals surface area contributed by atoms with Crippen LogP contribution in [0.1, 0.15) is 23.3 Å². The summed E-state index contributed by atoms with van der Waals surface area (Å²) in [6.45, 7) is 4.19.